The molecule has 1 atom stereocenters. The van der Waals surface area contributed by atoms with Crippen LogP contribution in [-0.2, 0) is 0 Å². The highest BCUT2D eigenvalue weighted by Crippen LogP contribution is 2.22. The maximum absolute atomic E-state index is 12.1. The number of aromatic amines is 1. The lowest BCUT2D eigenvalue weighted by atomic mass is 10.1. The lowest BCUT2D eigenvalue weighted by Crippen LogP contribution is -2.27. The van der Waals surface area contributed by atoms with Crippen LogP contribution in [0.1, 0.15) is 46.3 Å². The van der Waals surface area contributed by atoms with Crippen LogP contribution in [0.15, 0.2) is 41.0 Å². The van der Waals surface area contributed by atoms with Gasteiger partial charge in [-0.15, -0.1) is 0 Å². The molecule has 0 aliphatic carbocycles. The van der Waals surface area contributed by atoms with Gasteiger partial charge in [-0.25, -0.2) is 0 Å². The summed E-state index contributed by atoms with van der Waals surface area (Å²) in [6.45, 7) is 3.38. The number of aromatic nitrogens is 1. The van der Waals surface area contributed by atoms with Crippen molar-refractivity contribution in [3.63, 3.8) is 0 Å². The van der Waals surface area contributed by atoms with Gasteiger partial charge in [-0.3, -0.25) is 9.59 Å². The van der Waals surface area contributed by atoms with Crippen LogP contribution in [0.3, 0.4) is 0 Å². The molecule has 1 heterocycles. The fraction of sp³-hybridized carbons (Fsp3) is 0.200. The molecule has 2 aromatic rings. The number of hydrogen-bond donors (Lipinski definition) is 2. The lowest BCUT2D eigenvalue weighted by Gasteiger charge is -2.15. The van der Waals surface area contributed by atoms with Crippen molar-refractivity contribution in [1.82, 2.24) is 10.3 Å². The van der Waals surface area contributed by atoms with E-state index in [0.29, 0.717) is 11.3 Å². The Kier molecular flexibility index (Phi) is 4.39. The van der Waals surface area contributed by atoms with Crippen molar-refractivity contribution in [1.29, 1.82) is 0 Å². The third kappa shape index (κ3) is 3.17. The molecule has 1 amide bonds. The second-order valence-electron chi connectivity index (χ2n) is 4.57. The van der Waals surface area contributed by atoms with Crippen LogP contribution in [0, 0.1) is 0 Å². The minimum Gasteiger partial charge on any atom is -0.356 e. The smallest absolute Gasteiger partial charge is 0.268 e. The zero-order chi connectivity index (χ0) is 14.7. The number of H-pyrrole nitrogens is 1. The van der Waals surface area contributed by atoms with Gasteiger partial charge >= 0.3 is 0 Å². The van der Waals surface area contributed by atoms with Crippen LogP contribution < -0.4 is 5.32 Å². The van der Waals surface area contributed by atoms with Crippen molar-refractivity contribution in [2.24, 2.45) is 0 Å². The first kappa shape index (κ1) is 14.5. The molecule has 0 bridgehead atoms. The van der Waals surface area contributed by atoms with Crippen LogP contribution in [0.2, 0.25) is 0 Å². The summed E-state index contributed by atoms with van der Waals surface area (Å²) < 4.78 is 0.948. The zero-order valence-electron chi connectivity index (χ0n) is 11.2. The molecule has 0 saturated carbocycles. The molecule has 2 N–H and O–H groups in total. The molecule has 104 valence electrons. The van der Waals surface area contributed by atoms with E-state index in [0.717, 1.165) is 10.0 Å². The summed E-state index contributed by atoms with van der Waals surface area (Å²) in [4.78, 5) is 26.1. The molecule has 0 saturated heterocycles. The van der Waals surface area contributed by atoms with Crippen LogP contribution in [0.25, 0.3) is 0 Å². The predicted octanol–water partition coefficient (Wildman–Crippen LogP) is 3.47. The molecule has 0 spiro atoms. The highest BCUT2D eigenvalue weighted by Gasteiger charge is 2.15. The third-order valence-corrected chi connectivity index (χ3v) is 3.78. The second kappa shape index (κ2) is 6.05. The quantitative estimate of drug-likeness (QED) is 0.841. The molecule has 0 fully saturated rings. The largest absolute Gasteiger partial charge is 0.356 e. The Labute approximate surface area is 125 Å². The van der Waals surface area contributed by atoms with E-state index in [-0.39, 0.29) is 17.7 Å². The Morgan fingerprint density at radius 2 is 2.00 bits per heavy atom. The molecule has 20 heavy (non-hydrogen) atoms. The van der Waals surface area contributed by atoms with E-state index in [2.05, 4.69) is 26.2 Å². The van der Waals surface area contributed by atoms with Gasteiger partial charge in [-0.1, -0.05) is 34.1 Å². The molecular formula is C15H15BrN2O2. The van der Waals surface area contributed by atoms with Gasteiger partial charge in [0.25, 0.3) is 5.91 Å². The Hall–Kier alpha value is -1.88. The van der Waals surface area contributed by atoms with Gasteiger partial charge in [0.2, 0.25) is 0 Å². The normalized spacial score (nSPS) is 11.9. The van der Waals surface area contributed by atoms with Gasteiger partial charge in [0, 0.05) is 16.2 Å². The van der Waals surface area contributed by atoms with Gasteiger partial charge in [-0.2, -0.15) is 0 Å². The van der Waals surface area contributed by atoms with E-state index >= 15 is 0 Å². The average molecular weight is 335 g/mol. The van der Waals surface area contributed by atoms with E-state index in [1.807, 2.05) is 31.2 Å². The number of ketones is 1. The maximum Gasteiger partial charge on any atom is 0.268 e. The Morgan fingerprint density at radius 1 is 1.30 bits per heavy atom. The predicted molar refractivity (Wildman–Crippen MR) is 80.8 cm³/mol. The molecule has 0 radical (unpaired) electrons. The molecule has 0 aliphatic heterocycles. The number of hydrogen-bond acceptors (Lipinski definition) is 2. The molecule has 0 unspecified atom stereocenters. The first-order valence-corrected chi connectivity index (χ1v) is 7.03. The monoisotopic (exact) mass is 334 g/mol. The maximum atomic E-state index is 12.1. The van der Waals surface area contributed by atoms with Crippen LogP contribution in [-0.4, -0.2) is 16.7 Å². The van der Waals surface area contributed by atoms with Crippen LogP contribution >= 0.6 is 15.9 Å². The number of halogens is 1. The Bertz CT molecular complexity index is 649. The van der Waals surface area contributed by atoms with Gasteiger partial charge in [0.15, 0.2) is 5.78 Å². The Morgan fingerprint density at radius 3 is 2.60 bits per heavy atom. The van der Waals surface area contributed by atoms with Gasteiger partial charge in [0.05, 0.1) is 6.04 Å². The van der Waals surface area contributed by atoms with E-state index in [4.69, 9.17) is 0 Å². The minimum absolute atomic E-state index is 0.0702. The average Bonchev–Trinajstić information content (AvgIpc) is 2.88. The number of carbonyl (C=O) groups is 2. The number of Topliss-reactive ketones (excluding diaryl/α,β-unsaturated/α-hetero) is 1. The van der Waals surface area contributed by atoms with Crippen molar-refractivity contribution in [3.05, 3.63) is 57.8 Å². The summed E-state index contributed by atoms with van der Waals surface area (Å²) >= 11 is 3.46. The summed E-state index contributed by atoms with van der Waals surface area (Å²) in [7, 11) is 0. The van der Waals surface area contributed by atoms with Crippen LogP contribution in [0.4, 0.5) is 0 Å². The van der Waals surface area contributed by atoms with Crippen molar-refractivity contribution < 1.29 is 9.59 Å². The van der Waals surface area contributed by atoms with Gasteiger partial charge in [-0.05, 0) is 31.5 Å². The van der Waals surface area contributed by atoms with Gasteiger partial charge < -0.3 is 10.3 Å². The Balaban J connectivity index is 2.11. The summed E-state index contributed by atoms with van der Waals surface area (Å²) in [6, 6.07) is 9.15. The van der Waals surface area contributed by atoms with Crippen molar-refractivity contribution in [2.75, 3.05) is 0 Å². The lowest BCUT2D eigenvalue weighted by molar-refractivity contribution is 0.0935. The van der Waals surface area contributed by atoms with E-state index in [1.165, 1.54) is 6.92 Å². The van der Waals surface area contributed by atoms with Crippen molar-refractivity contribution in [3.8, 4) is 0 Å². The topological polar surface area (TPSA) is 62.0 Å². The van der Waals surface area contributed by atoms with Gasteiger partial charge in [0.1, 0.15) is 5.69 Å². The fourth-order valence-corrected chi connectivity index (χ4v) is 2.54. The second-order valence-corrected chi connectivity index (χ2v) is 5.43. The first-order valence-electron chi connectivity index (χ1n) is 6.23. The number of carbonyl (C=O) groups excluding carboxylic acids is 2. The first-order chi connectivity index (χ1) is 9.49. The van der Waals surface area contributed by atoms with Crippen molar-refractivity contribution in [2.45, 2.75) is 19.9 Å². The zero-order valence-corrected chi connectivity index (χ0v) is 12.8. The third-order valence-electron chi connectivity index (χ3n) is 3.05. The van der Waals surface area contributed by atoms with Crippen LogP contribution in [0.5, 0.6) is 0 Å². The number of nitrogens with one attached hydrogen (secondary N) is 2. The van der Waals surface area contributed by atoms with E-state index in [1.54, 1.807) is 12.3 Å². The van der Waals surface area contributed by atoms with E-state index < -0.39 is 0 Å². The SMILES string of the molecule is CC(=O)c1c[nH]c(C(=O)N[C@H](C)c2ccccc2Br)c1. The highest BCUT2D eigenvalue weighted by molar-refractivity contribution is 9.10. The summed E-state index contributed by atoms with van der Waals surface area (Å²) in [5, 5.41) is 2.89. The highest BCUT2D eigenvalue weighted by atomic mass is 79.9. The molecule has 0 aliphatic rings. The molecule has 1 aromatic heterocycles. The fourth-order valence-electron chi connectivity index (χ4n) is 1.91. The molecule has 5 heteroatoms. The van der Waals surface area contributed by atoms with Crippen molar-refractivity contribution >= 4 is 27.6 Å². The molecule has 4 nitrogen and oxygen atoms in total. The number of rotatable bonds is 4. The number of amides is 1. The summed E-state index contributed by atoms with van der Waals surface area (Å²) in [5.74, 6) is -0.306. The summed E-state index contributed by atoms with van der Waals surface area (Å²) in [5.41, 5.74) is 1.89. The molecular weight excluding hydrogens is 320 g/mol. The summed E-state index contributed by atoms with van der Waals surface area (Å²) in [6.07, 6.45) is 1.54. The van der Waals surface area contributed by atoms with E-state index in [9.17, 15) is 9.59 Å². The standard InChI is InChI=1S/C15H15BrN2O2/c1-9(12-5-3-4-6-13(12)16)18-15(20)14-7-11(8-17-14)10(2)19/h3-9,17H,1-2H3,(H,18,20)/t9-/m1/s1. The minimum atomic E-state index is -0.235. The molecule has 1 aromatic carbocycles. The number of benzene rings is 1. The molecule has 2 rings (SSSR count).